The molecule has 0 radical (unpaired) electrons. The molecular formula is C14H25N5. The molecule has 0 aromatic carbocycles. The molecular weight excluding hydrogens is 238 g/mol. The van der Waals surface area contributed by atoms with Crippen molar-refractivity contribution in [2.24, 2.45) is 17.6 Å². The highest BCUT2D eigenvalue weighted by Crippen LogP contribution is 2.14. The van der Waals surface area contributed by atoms with Crippen molar-refractivity contribution in [2.75, 3.05) is 44.2 Å². The second-order valence-corrected chi connectivity index (χ2v) is 5.58. The van der Waals surface area contributed by atoms with Gasteiger partial charge in [0.15, 0.2) is 0 Å². The Kier molecular flexibility index (Phi) is 5.10. The Bertz CT molecular complexity index is 359. The molecule has 1 saturated heterocycles. The van der Waals surface area contributed by atoms with Crippen molar-refractivity contribution < 1.29 is 0 Å². The fourth-order valence-corrected chi connectivity index (χ4v) is 2.47. The largest absolute Gasteiger partial charge is 0.338 e. The molecule has 2 N–H and O–H groups in total. The molecule has 2 rings (SSSR count). The van der Waals surface area contributed by atoms with Crippen molar-refractivity contribution in [3.8, 4) is 0 Å². The fourth-order valence-electron chi connectivity index (χ4n) is 2.47. The molecule has 0 bridgehead atoms. The first-order valence-electron chi connectivity index (χ1n) is 7.15. The Hall–Kier alpha value is -1.20. The zero-order valence-electron chi connectivity index (χ0n) is 12.0. The molecule has 0 aliphatic carbocycles. The van der Waals surface area contributed by atoms with E-state index in [0.29, 0.717) is 11.8 Å². The Balaban J connectivity index is 1.82. The molecule has 1 aromatic rings. The maximum atomic E-state index is 5.85. The number of nitrogens with zero attached hydrogens (tertiary/aromatic N) is 4. The van der Waals surface area contributed by atoms with Crippen LogP contribution in [0.25, 0.3) is 0 Å². The first-order chi connectivity index (χ1) is 9.20. The summed E-state index contributed by atoms with van der Waals surface area (Å²) in [6, 6.07) is 1.86. The van der Waals surface area contributed by atoms with Gasteiger partial charge in [0.1, 0.15) is 0 Å². The Morgan fingerprint density at radius 2 is 1.79 bits per heavy atom. The van der Waals surface area contributed by atoms with E-state index in [9.17, 15) is 0 Å². The van der Waals surface area contributed by atoms with Crippen LogP contribution in [0.4, 0.5) is 5.95 Å². The number of hydrogen-bond acceptors (Lipinski definition) is 5. The highest BCUT2D eigenvalue weighted by atomic mass is 15.3. The molecule has 5 nitrogen and oxygen atoms in total. The topological polar surface area (TPSA) is 58.3 Å². The van der Waals surface area contributed by atoms with Crippen LogP contribution in [0.2, 0.25) is 0 Å². The third-order valence-corrected chi connectivity index (χ3v) is 3.95. The lowest BCUT2D eigenvalue weighted by Crippen LogP contribution is -2.49. The van der Waals surface area contributed by atoms with Gasteiger partial charge < -0.3 is 10.6 Å². The molecule has 0 saturated carbocycles. The van der Waals surface area contributed by atoms with Gasteiger partial charge in [-0.25, -0.2) is 9.97 Å². The van der Waals surface area contributed by atoms with Gasteiger partial charge in [-0.1, -0.05) is 13.8 Å². The average Bonchev–Trinajstić information content (AvgIpc) is 2.46. The number of piperazine rings is 1. The minimum Gasteiger partial charge on any atom is -0.338 e. The molecule has 2 heterocycles. The van der Waals surface area contributed by atoms with Gasteiger partial charge in [0.05, 0.1) is 0 Å². The minimum atomic E-state index is 0.597. The third-order valence-electron chi connectivity index (χ3n) is 3.95. The summed E-state index contributed by atoms with van der Waals surface area (Å²) in [5.41, 5.74) is 5.85. The van der Waals surface area contributed by atoms with Crippen molar-refractivity contribution in [3.05, 3.63) is 18.5 Å². The van der Waals surface area contributed by atoms with E-state index in [1.54, 1.807) is 12.4 Å². The standard InChI is InChI=1S/C14H25N5/c1-12(2)13(10-15)11-18-6-8-19(9-7-18)14-16-4-3-5-17-14/h3-5,12-13H,6-11,15H2,1-2H3. The molecule has 0 amide bonds. The predicted octanol–water partition coefficient (Wildman–Crippen LogP) is 0.830. The van der Waals surface area contributed by atoms with Crippen LogP contribution in [0, 0.1) is 11.8 Å². The molecule has 1 atom stereocenters. The van der Waals surface area contributed by atoms with Crippen LogP contribution in [0.5, 0.6) is 0 Å². The lowest BCUT2D eigenvalue weighted by molar-refractivity contribution is 0.195. The molecule has 1 aromatic heterocycles. The molecule has 1 fully saturated rings. The Morgan fingerprint density at radius 1 is 1.16 bits per heavy atom. The van der Waals surface area contributed by atoms with Gasteiger partial charge >= 0.3 is 0 Å². The second-order valence-electron chi connectivity index (χ2n) is 5.58. The lowest BCUT2D eigenvalue weighted by atomic mass is 9.95. The van der Waals surface area contributed by atoms with E-state index in [0.717, 1.165) is 45.2 Å². The summed E-state index contributed by atoms with van der Waals surface area (Å²) in [6.45, 7) is 10.5. The second kappa shape index (κ2) is 6.82. The van der Waals surface area contributed by atoms with Gasteiger partial charge in [-0.05, 0) is 24.4 Å². The molecule has 1 unspecified atom stereocenters. The van der Waals surface area contributed by atoms with Crippen LogP contribution in [-0.2, 0) is 0 Å². The number of aromatic nitrogens is 2. The summed E-state index contributed by atoms with van der Waals surface area (Å²) >= 11 is 0. The zero-order valence-corrected chi connectivity index (χ0v) is 12.0. The first-order valence-corrected chi connectivity index (χ1v) is 7.15. The van der Waals surface area contributed by atoms with E-state index >= 15 is 0 Å². The normalized spacial score (nSPS) is 18.8. The molecule has 1 aliphatic rings. The fraction of sp³-hybridized carbons (Fsp3) is 0.714. The third kappa shape index (κ3) is 3.88. The van der Waals surface area contributed by atoms with Crippen LogP contribution >= 0.6 is 0 Å². The molecule has 106 valence electrons. The van der Waals surface area contributed by atoms with Crippen LogP contribution in [0.1, 0.15) is 13.8 Å². The molecule has 1 aliphatic heterocycles. The SMILES string of the molecule is CC(C)C(CN)CN1CCN(c2ncccn2)CC1. The number of anilines is 1. The molecule has 0 spiro atoms. The van der Waals surface area contributed by atoms with Crippen molar-refractivity contribution >= 4 is 5.95 Å². The smallest absolute Gasteiger partial charge is 0.225 e. The summed E-state index contributed by atoms with van der Waals surface area (Å²) in [5.74, 6) is 2.10. The van der Waals surface area contributed by atoms with Gasteiger partial charge in [-0.3, -0.25) is 4.90 Å². The maximum Gasteiger partial charge on any atom is 0.225 e. The van der Waals surface area contributed by atoms with Gasteiger partial charge in [-0.2, -0.15) is 0 Å². The van der Waals surface area contributed by atoms with E-state index in [2.05, 4.69) is 33.6 Å². The van der Waals surface area contributed by atoms with Gasteiger partial charge in [0.2, 0.25) is 5.95 Å². The summed E-state index contributed by atoms with van der Waals surface area (Å²) in [4.78, 5) is 13.4. The van der Waals surface area contributed by atoms with Gasteiger partial charge in [-0.15, -0.1) is 0 Å². The monoisotopic (exact) mass is 263 g/mol. The Morgan fingerprint density at radius 3 is 2.32 bits per heavy atom. The van der Waals surface area contributed by atoms with Gasteiger partial charge in [0.25, 0.3) is 0 Å². The van der Waals surface area contributed by atoms with Crippen LogP contribution in [0.3, 0.4) is 0 Å². The van der Waals surface area contributed by atoms with E-state index < -0.39 is 0 Å². The van der Waals surface area contributed by atoms with Crippen molar-refractivity contribution in [1.82, 2.24) is 14.9 Å². The van der Waals surface area contributed by atoms with E-state index in [4.69, 9.17) is 5.73 Å². The summed E-state index contributed by atoms with van der Waals surface area (Å²) in [5, 5.41) is 0. The van der Waals surface area contributed by atoms with Crippen LogP contribution in [0.15, 0.2) is 18.5 Å². The molecule has 19 heavy (non-hydrogen) atoms. The summed E-state index contributed by atoms with van der Waals surface area (Å²) in [6.07, 6.45) is 3.61. The summed E-state index contributed by atoms with van der Waals surface area (Å²) in [7, 11) is 0. The van der Waals surface area contributed by atoms with Crippen molar-refractivity contribution in [2.45, 2.75) is 13.8 Å². The van der Waals surface area contributed by atoms with E-state index in [1.807, 2.05) is 6.07 Å². The number of rotatable bonds is 5. The average molecular weight is 263 g/mol. The zero-order chi connectivity index (χ0) is 13.7. The van der Waals surface area contributed by atoms with E-state index in [-0.39, 0.29) is 0 Å². The molecule has 5 heteroatoms. The number of nitrogens with two attached hydrogens (primary N) is 1. The lowest BCUT2D eigenvalue weighted by Gasteiger charge is -2.37. The minimum absolute atomic E-state index is 0.597. The maximum absolute atomic E-state index is 5.85. The number of hydrogen-bond donors (Lipinski definition) is 1. The van der Waals surface area contributed by atoms with Crippen molar-refractivity contribution in [1.29, 1.82) is 0 Å². The van der Waals surface area contributed by atoms with E-state index in [1.165, 1.54) is 0 Å². The summed E-state index contributed by atoms with van der Waals surface area (Å²) < 4.78 is 0. The highest BCUT2D eigenvalue weighted by molar-refractivity contribution is 5.29. The predicted molar refractivity (Wildman–Crippen MR) is 78.1 cm³/mol. The first kappa shape index (κ1) is 14.2. The Labute approximate surface area is 115 Å². The van der Waals surface area contributed by atoms with Crippen molar-refractivity contribution in [3.63, 3.8) is 0 Å². The van der Waals surface area contributed by atoms with Crippen LogP contribution < -0.4 is 10.6 Å². The van der Waals surface area contributed by atoms with Crippen LogP contribution in [-0.4, -0.2) is 54.1 Å². The quantitative estimate of drug-likeness (QED) is 0.852. The highest BCUT2D eigenvalue weighted by Gasteiger charge is 2.22. The van der Waals surface area contributed by atoms with Gasteiger partial charge in [0, 0.05) is 45.1 Å².